The van der Waals surface area contributed by atoms with Crippen LogP contribution in [-0.4, -0.2) is 57.0 Å². The van der Waals surface area contributed by atoms with E-state index in [0.717, 1.165) is 10.9 Å². The molecule has 0 saturated carbocycles. The van der Waals surface area contributed by atoms with E-state index < -0.39 is 12.4 Å². The molecule has 0 N–H and O–H groups in total. The Kier molecular flexibility index (Phi) is 5.30. The zero-order valence-corrected chi connectivity index (χ0v) is 14.3. The zero-order valence-electron chi connectivity index (χ0n) is 14.3. The van der Waals surface area contributed by atoms with Crippen LogP contribution in [0.4, 0.5) is 0 Å². The van der Waals surface area contributed by atoms with Crippen molar-refractivity contribution < 1.29 is 23.7 Å². The van der Waals surface area contributed by atoms with Crippen molar-refractivity contribution in [3.63, 3.8) is 0 Å². The average molecular weight is 333 g/mol. The molecule has 6 nitrogen and oxygen atoms in total. The maximum absolute atomic E-state index is 6.12. The standard InChI is InChI=1S/C18H23NO5/c1-11-15(20-2)16(21-3)17(22-4)18(23-11)24-13-9-5-7-12-8-6-10-19-14(12)13/h5-11,15-18H,1-4H3/t11?,15-,16+,17+,18-/m0/s1. The Balaban J connectivity index is 1.90. The minimum atomic E-state index is -0.617. The molecule has 1 unspecified atom stereocenters. The molecule has 1 aliphatic rings. The highest BCUT2D eigenvalue weighted by atomic mass is 16.7. The summed E-state index contributed by atoms with van der Waals surface area (Å²) >= 11 is 0. The first-order chi connectivity index (χ1) is 11.7. The maximum atomic E-state index is 6.12. The van der Waals surface area contributed by atoms with Gasteiger partial charge in [0.25, 0.3) is 0 Å². The van der Waals surface area contributed by atoms with Crippen LogP contribution < -0.4 is 4.74 Å². The second-order valence-electron chi connectivity index (χ2n) is 5.76. The summed E-state index contributed by atoms with van der Waals surface area (Å²) in [4.78, 5) is 4.41. The van der Waals surface area contributed by atoms with Crippen molar-refractivity contribution in [2.45, 2.75) is 37.6 Å². The van der Waals surface area contributed by atoms with Gasteiger partial charge in [-0.15, -0.1) is 0 Å². The molecule has 0 bridgehead atoms. The van der Waals surface area contributed by atoms with Gasteiger partial charge in [0.1, 0.15) is 29.6 Å². The van der Waals surface area contributed by atoms with E-state index in [9.17, 15) is 0 Å². The van der Waals surface area contributed by atoms with Gasteiger partial charge in [-0.05, 0) is 19.1 Å². The third-order valence-electron chi connectivity index (χ3n) is 4.38. The fraction of sp³-hybridized carbons (Fsp3) is 0.500. The number of rotatable bonds is 5. The van der Waals surface area contributed by atoms with Crippen molar-refractivity contribution in [2.24, 2.45) is 0 Å². The molecule has 1 aromatic carbocycles. The molecule has 24 heavy (non-hydrogen) atoms. The van der Waals surface area contributed by atoms with E-state index in [1.807, 2.05) is 37.3 Å². The second kappa shape index (κ2) is 7.44. The molecule has 1 aliphatic heterocycles. The van der Waals surface area contributed by atoms with Gasteiger partial charge in [0, 0.05) is 32.9 Å². The highest BCUT2D eigenvalue weighted by Gasteiger charge is 2.46. The van der Waals surface area contributed by atoms with E-state index in [-0.39, 0.29) is 18.3 Å². The lowest BCUT2D eigenvalue weighted by atomic mass is 9.99. The minimum Gasteiger partial charge on any atom is -0.460 e. The number of aromatic nitrogens is 1. The number of hydrogen-bond donors (Lipinski definition) is 0. The molecular formula is C18H23NO5. The first-order valence-electron chi connectivity index (χ1n) is 7.93. The predicted octanol–water partition coefficient (Wildman–Crippen LogP) is 2.40. The summed E-state index contributed by atoms with van der Waals surface area (Å²) in [5, 5.41) is 1.01. The highest BCUT2D eigenvalue weighted by Crippen LogP contribution is 2.31. The first kappa shape index (κ1) is 17.1. The molecule has 2 heterocycles. The Morgan fingerprint density at radius 3 is 2.33 bits per heavy atom. The van der Waals surface area contributed by atoms with E-state index in [4.69, 9.17) is 23.7 Å². The quantitative estimate of drug-likeness (QED) is 0.837. The van der Waals surface area contributed by atoms with Crippen LogP contribution in [0.3, 0.4) is 0 Å². The lowest BCUT2D eigenvalue weighted by molar-refractivity contribution is -0.282. The Morgan fingerprint density at radius 2 is 1.62 bits per heavy atom. The van der Waals surface area contributed by atoms with Crippen molar-refractivity contribution >= 4 is 10.9 Å². The number of ether oxygens (including phenoxy) is 5. The van der Waals surface area contributed by atoms with Gasteiger partial charge in [-0.1, -0.05) is 18.2 Å². The van der Waals surface area contributed by atoms with Gasteiger partial charge in [-0.3, -0.25) is 4.98 Å². The summed E-state index contributed by atoms with van der Waals surface area (Å²) in [5.41, 5.74) is 0.786. The van der Waals surface area contributed by atoms with E-state index in [1.165, 1.54) is 0 Å². The first-order valence-corrected chi connectivity index (χ1v) is 7.93. The maximum Gasteiger partial charge on any atom is 0.229 e. The molecule has 2 aromatic rings. The van der Waals surface area contributed by atoms with Gasteiger partial charge < -0.3 is 23.7 Å². The molecule has 6 heteroatoms. The van der Waals surface area contributed by atoms with Crippen LogP contribution in [0.1, 0.15) is 6.92 Å². The molecule has 0 spiro atoms. The van der Waals surface area contributed by atoms with Gasteiger partial charge >= 0.3 is 0 Å². The number of methoxy groups -OCH3 is 3. The Hall–Kier alpha value is -1.73. The minimum absolute atomic E-state index is 0.195. The van der Waals surface area contributed by atoms with Crippen molar-refractivity contribution in [3.05, 3.63) is 36.5 Å². The zero-order chi connectivity index (χ0) is 17.1. The third-order valence-corrected chi connectivity index (χ3v) is 4.38. The molecular weight excluding hydrogens is 310 g/mol. The van der Waals surface area contributed by atoms with Crippen LogP contribution in [0.25, 0.3) is 10.9 Å². The number of benzene rings is 1. The number of fused-ring (bicyclic) bond motifs is 1. The molecule has 3 rings (SSSR count). The molecule has 5 atom stereocenters. The van der Waals surface area contributed by atoms with E-state index in [1.54, 1.807) is 27.5 Å². The van der Waals surface area contributed by atoms with Crippen LogP contribution >= 0.6 is 0 Å². The van der Waals surface area contributed by atoms with E-state index in [2.05, 4.69) is 4.98 Å². The van der Waals surface area contributed by atoms with Crippen LogP contribution in [0.2, 0.25) is 0 Å². The van der Waals surface area contributed by atoms with E-state index >= 15 is 0 Å². The summed E-state index contributed by atoms with van der Waals surface area (Å²) in [5.74, 6) is 0.651. The van der Waals surface area contributed by atoms with Gasteiger partial charge in [0.15, 0.2) is 0 Å². The van der Waals surface area contributed by atoms with Crippen molar-refractivity contribution in [2.75, 3.05) is 21.3 Å². The van der Waals surface area contributed by atoms with Crippen LogP contribution in [0, 0.1) is 0 Å². The fourth-order valence-corrected chi connectivity index (χ4v) is 3.21. The van der Waals surface area contributed by atoms with Gasteiger partial charge in [-0.2, -0.15) is 0 Å². The average Bonchev–Trinajstić information content (AvgIpc) is 2.61. The predicted molar refractivity (Wildman–Crippen MR) is 89.1 cm³/mol. The molecule has 0 radical (unpaired) electrons. The smallest absolute Gasteiger partial charge is 0.229 e. The number of hydrogen-bond acceptors (Lipinski definition) is 6. The Labute approximate surface area is 141 Å². The normalized spacial score (nSPS) is 30.4. The third kappa shape index (κ3) is 3.10. The summed E-state index contributed by atoms with van der Waals surface area (Å²) in [6.07, 6.45) is -0.0165. The highest BCUT2D eigenvalue weighted by molar-refractivity contribution is 5.84. The molecule has 130 valence electrons. The van der Waals surface area contributed by atoms with Gasteiger partial charge in [0.05, 0.1) is 6.10 Å². The molecule has 1 aromatic heterocycles. The lowest BCUT2D eigenvalue weighted by Gasteiger charge is -2.43. The number of nitrogens with zero attached hydrogens (tertiary/aromatic N) is 1. The lowest BCUT2D eigenvalue weighted by Crippen LogP contribution is -2.60. The topological polar surface area (TPSA) is 59.0 Å². The number of para-hydroxylation sites is 1. The molecule has 0 aliphatic carbocycles. The van der Waals surface area contributed by atoms with Crippen molar-refractivity contribution in [1.82, 2.24) is 4.98 Å². The summed E-state index contributed by atoms with van der Waals surface area (Å²) < 4.78 is 28.8. The molecule has 0 amide bonds. The van der Waals surface area contributed by atoms with Crippen molar-refractivity contribution in [1.29, 1.82) is 0 Å². The van der Waals surface area contributed by atoms with E-state index in [0.29, 0.717) is 5.75 Å². The Morgan fingerprint density at radius 1 is 0.917 bits per heavy atom. The number of pyridine rings is 1. The van der Waals surface area contributed by atoms with Crippen molar-refractivity contribution in [3.8, 4) is 5.75 Å². The van der Waals surface area contributed by atoms with Gasteiger partial charge in [-0.25, -0.2) is 0 Å². The summed E-state index contributed by atoms with van der Waals surface area (Å²) in [6, 6.07) is 9.69. The molecule has 1 saturated heterocycles. The summed E-state index contributed by atoms with van der Waals surface area (Å²) in [7, 11) is 4.89. The monoisotopic (exact) mass is 333 g/mol. The summed E-state index contributed by atoms with van der Waals surface area (Å²) in [6.45, 7) is 1.93. The SMILES string of the molecule is CO[C@H]1[C@H](Oc2cccc3cccnc23)OC(C)[C@H](OC)[C@H]1OC. The Bertz CT molecular complexity index is 674. The molecule has 1 fully saturated rings. The van der Waals surface area contributed by atoms with Crippen LogP contribution in [0.5, 0.6) is 5.75 Å². The fourth-order valence-electron chi connectivity index (χ4n) is 3.21. The second-order valence-corrected chi connectivity index (χ2v) is 5.76. The van der Waals surface area contributed by atoms with Crippen LogP contribution in [0.15, 0.2) is 36.5 Å². The van der Waals surface area contributed by atoms with Gasteiger partial charge in [0.2, 0.25) is 6.29 Å². The largest absolute Gasteiger partial charge is 0.460 e. The van der Waals surface area contributed by atoms with Crippen LogP contribution in [-0.2, 0) is 18.9 Å².